The van der Waals surface area contributed by atoms with Gasteiger partial charge in [0.15, 0.2) is 0 Å². The molecule has 0 saturated carbocycles. The van der Waals surface area contributed by atoms with E-state index >= 15 is 0 Å². The van der Waals surface area contributed by atoms with Crippen LogP contribution in [-0.2, 0) is 10.9 Å². The summed E-state index contributed by atoms with van der Waals surface area (Å²) in [4.78, 5) is 0. The summed E-state index contributed by atoms with van der Waals surface area (Å²) in [7, 11) is 0. The minimum atomic E-state index is -4.65. The number of benzene rings is 1. The first-order valence-electron chi connectivity index (χ1n) is 5.16. The van der Waals surface area contributed by atoms with Crippen LogP contribution in [0.4, 0.5) is 17.6 Å². The number of hydrogen-bond donors (Lipinski definition) is 1. The smallest absolute Gasteiger partial charge is 0.378 e. The lowest BCUT2D eigenvalue weighted by atomic mass is 10.0. The lowest BCUT2D eigenvalue weighted by molar-refractivity contribution is -0.140. The topological polar surface area (TPSA) is 21.3 Å². The summed E-state index contributed by atoms with van der Waals surface area (Å²) in [6.07, 6.45) is -4.65. The fraction of sp³-hybridized carbons (Fsp3) is 0.455. The molecule has 1 aromatic rings. The lowest BCUT2D eigenvalue weighted by Gasteiger charge is -2.24. The Kier molecular flexibility index (Phi) is 3.35. The van der Waals surface area contributed by atoms with Crippen LogP contribution >= 0.6 is 0 Å². The fourth-order valence-electron chi connectivity index (χ4n) is 1.76. The van der Waals surface area contributed by atoms with Crippen LogP contribution in [0.3, 0.4) is 0 Å². The van der Waals surface area contributed by atoms with Crippen LogP contribution in [0.5, 0.6) is 0 Å². The molecule has 1 unspecified atom stereocenters. The predicted octanol–water partition coefficient (Wildman–Crippen LogP) is 2.51. The molecule has 0 spiro atoms. The second-order valence-corrected chi connectivity index (χ2v) is 3.82. The van der Waals surface area contributed by atoms with Crippen molar-refractivity contribution in [1.82, 2.24) is 5.32 Å². The third-order valence-electron chi connectivity index (χ3n) is 2.62. The summed E-state index contributed by atoms with van der Waals surface area (Å²) in [6.45, 7) is 1.50. The van der Waals surface area contributed by atoms with E-state index < -0.39 is 17.6 Å². The quantitative estimate of drug-likeness (QED) is 0.772. The molecule has 0 amide bonds. The van der Waals surface area contributed by atoms with Crippen LogP contribution in [0.1, 0.15) is 17.2 Å². The summed E-state index contributed by atoms with van der Waals surface area (Å²) in [5.74, 6) is -1.25. The summed E-state index contributed by atoms with van der Waals surface area (Å²) in [5.41, 5.74) is -0.770. The second kappa shape index (κ2) is 4.62. The van der Waals surface area contributed by atoms with E-state index in [2.05, 4.69) is 5.32 Å². The van der Waals surface area contributed by atoms with Crippen LogP contribution in [0.25, 0.3) is 0 Å². The molecule has 1 fully saturated rings. The highest BCUT2D eigenvalue weighted by atomic mass is 19.4. The number of alkyl halides is 3. The molecule has 1 saturated heterocycles. The Balaban J connectivity index is 2.24. The normalized spacial score (nSPS) is 21.5. The van der Waals surface area contributed by atoms with Crippen molar-refractivity contribution in [3.05, 3.63) is 35.1 Å². The molecule has 0 bridgehead atoms. The monoisotopic (exact) mass is 249 g/mol. The molecule has 0 radical (unpaired) electrons. The van der Waals surface area contributed by atoms with Crippen molar-refractivity contribution < 1.29 is 22.3 Å². The highest BCUT2D eigenvalue weighted by molar-refractivity contribution is 5.28. The van der Waals surface area contributed by atoms with Crippen molar-refractivity contribution in [3.8, 4) is 0 Å². The number of nitrogens with one attached hydrogen (secondary N) is 1. The fourth-order valence-corrected chi connectivity index (χ4v) is 1.76. The zero-order valence-electron chi connectivity index (χ0n) is 8.85. The maximum absolute atomic E-state index is 13.3. The first-order chi connectivity index (χ1) is 7.98. The van der Waals surface area contributed by atoms with Gasteiger partial charge in [-0.2, -0.15) is 13.2 Å². The van der Waals surface area contributed by atoms with Gasteiger partial charge in [0.25, 0.3) is 0 Å². The van der Waals surface area contributed by atoms with Crippen LogP contribution in [0, 0.1) is 5.82 Å². The van der Waals surface area contributed by atoms with Crippen molar-refractivity contribution in [1.29, 1.82) is 0 Å². The molecular formula is C11H11F4NO. The van der Waals surface area contributed by atoms with E-state index in [4.69, 9.17) is 4.74 Å². The van der Waals surface area contributed by atoms with Gasteiger partial charge in [0.1, 0.15) is 5.82 Å². The van der Waals surface area contributed by atoms with E-state index in [-0.39, 0.29) is 6.04 Å². The maximum atomic E-state index is 13.3. The molecule has 1 aliphatic heterocycles. The zero-order valence-corrected chi connectivity index (χ0v) is 8.85. The number of hydrogen-bond acceptors (Lipinski definition) is 2. The Bertz CT molecular complexity index is 399. The number of ether oxygens (including phenoxy) is 1. The van der Waals surface area contributed by atoms with Crippen molar-refractivity contribution >= 4 is 0 Å². The molecule has 2 nitrogen and oxygen atoms in total. The highest BCUT2D eigenvalue weighted by Gasteiger charge is 2.34. The van der Waals surface area contributed by atoms with E-state index in [1.54, 1.807) is 0 Å². The molecule has 1 atom stereocenters. The predicted molar refractivity (Wildman–Crippen MR) is 53.0 cm³/mol. The minimum Gasteiger partial charge on any atom is -0.378 e. The Labute approximate surface area is 95.6 Å². The van der Waals surface area contributed by atoms with Crippen LogP contribution < -0.4 is 5.32 Å². The molecular weight excluding hydrogens is 238 g/mol. The Morgan fingerprint density at radius 1 is 1.29 bits per heavy atom. The first-order valence-corrected chi connectivity index (χ1v) is 5.16. The van der Waals surface area contributed by atoms with Gasteiger partial charge in [0, 0.05) is 6.54 Å². The van der Waals surface area contributed by atoms with E-state index in [0.29, 0.717) is 25.3 Å². The zero-order chi connectivity index (χ0) is 12.5. The molecule has 1 aliphatic rings. The molecule has 2 rings (SSSR count). The minimum absolute atomic E-state index is 0.250. The van der Waals surface area contributed by atoms with Gasteiger partial charge in [-0.1, -0.05) is 6.07 Å². The van der Waals surface area contributed by atoms with Gasteiger partial charge in [0.2, 0.25) is 0 Å². The van der Waals surface area contributed by atoms with Crippen LogP contribution in [-0.4, -0.2) is 19.8 Å². The number of morpholine rings is 1. The van der Waals surface area contributed by atoms with Gasteiger partial charge >= 0.3 is 6.18 Å². The molecule has 1 heterocycles. The maximum Gasteiger partial charge on any atom is 0.419 e. The summed E-state index contributed by atoms with van der Waals surface area (Å²) in [5, 5.41) is 3.05. The first kappa shape index (κ1) is 12.3. The average Bonchev–Trinajstić information content (AvgIpc) is 2.28. The SMILES string of the molecule is Fc1cc(C2COCCN2)ccc1C(F)(F)F. The third-order valence-corrected chi connectivity index (χ3v) is 2.62. The summed E-state index contributed by atoms with van der Waals surface area (Å²) < 4.78 is 55.5. The van der Waals surface area contributed by atoms with Crippen LogP contribution in [0.15, 0.2) is 18.2 Å². The van der Waals surface area contributed by atoms with Gasteiger partial charge < -0.3 is 10.1 Å². The van der Waals surface area contributed by atoms with Crippen molar-refractivity contribution in [2.75, 3.05) is 19.8 Å². The van der Waals surface area contributed by atoms with E-state index in [1.165, 1.54) is 6.07 Å². The van der Waals surface area contributed by atoms with E-state index in [1.807, 2.05) is 0 Å². The number of rotatable bonds is 1. The molecule has 94 valence electrons. The van der Waals surface area contributed by atoms with E-state index in [0.717, 1.165) is 12.1 Å². The summed E-state index contributed by atoms with van der Waals surface area (Å²) in [6, 6.07) is 2.70. The lowest BCUT2D eigenvalue weighted by Crippen LogP contribution is -2.34. The molecule has 17 heavy (non-hydrogen) atoms. The molecule has 6 heteroatoms. The van der Waals surface area contributed by atoms with Gasteiger partial charge in [-0.3, -0.25) is 0 Å². The Morgan fingerprint density at radius 3 is 2.59 bits per heavy atom. The van der Waals surface area contributed by atoms with Gasteiger partial charge in [-0.15, -0.1) is 0 Å². The molecule has 1 aromatic carbocycles. The Morgan fingerprint density at radius 2 is 2.06 bits per heavy atom. The Hall–Kier alpha value is -1.14. The van der Waals surface area contributed by atoms with Gasteiger partial charge in [-0.05, 0) is 17.7 Å². The van der Waals surface area contributed by atoms with Crippen LogP contribution in [0.2, 0.25) is 0 Å². The van der Waals surface area contributed by atoms with Gasteiger partial charge in [-0.25, -0.2) is 4.39 Å². The second-order valence-electron chi connectivity index (χ2n) is 3.82. The van der Waals surface area contributed by atoms with Crippen molar-refractivity contribution in [2.24, 2.45) is 0 Å². The highest BCUT2D eigenvalue weighted by Crippen LogP contribution is 2.32. The largest absolute Gasteiger partial charge is 0.419 e. The van der Waals surface area contributed by atoms with Crippen molar-refractivity contribution in [3.63, 3.8) is 0 Å². The molecule has 0 aliphatic carbocycles. The average molecular weight is 249 g/mol. The standard InChI is InChI=1S/C11H11F4NO/c12-9-5-7(10-6-17-4-3-16-10)1-2-8(9)11(13,14)15/h1-2,5,10,16H,3-4,6H2. The molecule has 1 N–H and O–H groups in total. The number of halogens is 4. The van der Waals surface area contributed by atoms with Crippen molar-refractivity contribution in [2.45, 2.75) is 12.2 Å². The third kappa shape index (κ3) is 2.76. The summed E-state index contributed by atoms with van der Waals surface area (Å²) >= 11 is 0. The van der Waals surface area contributed by atoms with Gasteiger partial charge in [0.05, 0.1) is 24.8 Å². The van der Waals surface area contributed by atoms with E-state index in [9.17, 15) is 17.6 Å². The molecule has 0 aromatic heterocycles.